The first kappa shape index (κ1) is 13.3. The molecule has 2 saturated carbocycles. The molecular weight excluding hydrogens is 288 g/mol. The SMILES string of the molecule is Cc1ccc(NCN2C(=O)[C@@H]3[C@H]4C=C[C@@H]([C@@H]5C[C@H]45)[C@H]3C2=O)cc1. The molecule has 2 bridgehead atoms. The number of rotatable bonds is 3. The average molecular weight is 308 g/mol. The summed E-state index contributed by atoms with van der Waals surface area (Å²) < 4.78 is 0. The second kappa shape index (κ2) is 4.47. The fourth-order valence-corrected chi connectivity index (χ4v) is 5.02. The topological polar surface area (TPSA) is 49.4 Å². The Balaban J connectivity index is 1.36. The zero-order valence-corrected chi connectivity index (χ0v) is 13.1. The second-order valence-corrected chi connectivity index (χ2v) is 7.46. The summed E-state index contributed by atoms with van der Waals surface area (Å²) in [6.07, 6.45) is 5.63. The van der Waals surface area contributed by atoms with Crippen LogP contribution < -0.4 is 5.32 Å². The van der Waals surface area contributed by atoms with Gasteiger partial charge in [0, 0.05) is 5.69 Å². The molecule has 1 aliphatic heterocycles. The molecule has 0 unspecified atom stereocenters. The standard InChI is InChI=1S/C19H20N2O2/c1-10-2-4-11(5-3-10)20-9-21-18(22)16-12-6-7-13(15-8-14(12)15)17(16)19(21)23/h2-7,12-17,20H,8-9H2,1H3/t12-,13-,14-,15+,16+,17+/m0/s1. The molecule has 1 aromatic carbocycles. The number of hydrogen-bond donors (Lipinski definition) is 1. The minimum absolute atomic E-state index is 0.0318. The first-order valence-electron chi connectivity index (χ1n) is 8.49. The van der Waals surface area contributed by atoms with Gasteiger partial charge in [-0.05, 0) is 49.1 Å². The predicted octanol–water partition coefficient (Wildman–Crippen LogP) is 2.42. The fourth-order valence-electron chi connectivity index (χ4n) is 5.02. The van der Waals surface area contributed by atoms with Gasteiger partial charge in [0.25, 0.3) is 0 Å². The maximum absolute atomic E-state index is 12.8. The lowest BCUT2D eigenvalue weighted by molar-refractivity contribution is -0.139. The minimum Gasteiger partial charge on any atom is -0.367 e. The van der Waals surface area contributed by atoms with Gasteiger partial charge in [-0.15, -0.1) is 0 Å². The summed E-state index contributed by atoms with van der Waals surface area (Å²) in [4.78, 5) is 27.1. The van der Waals surface area contributed by atoms with Gasteiger partial charge in [0.2, 0.25) is 11.8 Å². The summed E-state index contributed by atoms with van der Waals surface area (Å²) in [5, 5.41) is 3.22. The van der Waals surface area contributed by atoms with E-state index < -0.39 is 0 Å². The van der Waals surface area contributed by atoms with E-state index in [0.717, 1.165) is 5.69 Å². The number of allylic oxidation sites excluding steroid dienone is 2. The maximum atomic E-state index is 12.8. The third-order valence-electron chi connectivity index (χ3n) is 6.25. The second-order valence-electron chi connectivity index (χ2n) is 7.46. The van der Waals surface area contributed by atoms with Crippen LogP contribution in [0.4, 0.5) is 5.69 Å². The zero-order valence-electron chi connectivity index (χ0n) is 13.1. The highest BCUT2D eigenvalue weighted by atomic mass is 16.2. The Morgan fingerprint density at radius 1 is 1.00 bits per heavy atom. The Labute approximate surface area is 135 Å². The molecule has 23 heavy (non-hydrogen) atoms. The Hall–Kier alpha value is -2.10. The number of hydrogen-bond acceptors (Lipinski definition) is 3. The number of nitrogens with one attached hydrogen (secondary N) is 1. The van der Waals surface area contributed by atoms with Crippen LogP contribution in [0.25, 0.3) is 0 Å². The van der Waals surface area contributed by atoms with Crippen LogP contribution in [0.1, 0.15) is 12.0 Å². The molecular formula is C19H20N2O2. The van der Waals surface area contributed by atoms with Gasteiger partial charge in [0.1, 0.15) is 0 Å². The monoisotopic (exact) mass is 308 g/mol. The Kier molecular flexibility index (Phi) is 2.59. The Morgan fingerprint density at radius 2 is 1.57 bits per heavy atom. The predicted molar refractivity (Wildman–Crippen MR) is 86.2 cm³/mol. The lowest BCUT2D eigenvalue weighted by Gasteiger charge is -2.37. The smallest absolute Gasteiger partial charge is 0.235 e. The van der Waals surface area contributed by atoms with Crippen LogP contribution in [0.5, 0.6) is 0 Å². The van der Waals surface area contributed by atoms with Crippen molar-refractivity contribution in [1.82, 2.24) is 4.90 Å². The summed E-state index contributed by atoms with van der Waals surface area (Å²) in [5.41, 5.74) is 2.13. The van der Waals surface area contributed by atoms with Crippen LogP contribution in [0, 0.1) is 42.4 Å². The number of aryl methyl sites for hydroxylation is 1. The molecule has 5 aliphatic rings. The summed E-state index contributed by atoms with van der Waals surface area (Å²) in [6.45, 7) is 2.32. The van der Waals surface area contributed by atoms with Gasteiger partial charge in [0.15, 0.2) is 0 Å². The normalized spacial score (nSPS) is 39.4. The van der Waals surface area contributed by atoms with Crippen LogP contribution in [0.3, 0.4) is 0 Å². The van der Waals surface area contributed by atoms with E-state index in [-0.39, 0.29) is 30.3 Å². The Bertz CT molecular complexity index is 687. The number of carbonyl (C=O) groups excluding carboxylic acids is 2. The van der Waals surface area contributed by atoms with E-state index >= 15 is 0 Å². The minimum atomic E-state index is -0.0962. The molecule has 0 radical (unpaired) electrons. The third-order valence-corrected chi connectivity index (χ3v) is 6.25. The average Bonchev–Trinajstić information content (AvgIpc) is 3.33. The number of benzene rings is 1. The molecule has 1 heterocycles. The molecule has 1 aromatic rings. The number of amides is 2. The van der Waals surface area contributed by atoms with Crippen molar-refractivity contribution in [2.75, 3.05) is 12.0 Å². The van der Waals surface area contributed by atoms with Crippen molar-refractivity contribution in [3.8, 4) is 0 Å². The van der Waals surface area contributed by atoms with Gasteiger partial charge in [-0.3, -0.25) is 14.5 Å². The number of anilines is 1. The zero-order chi connectivity index (χ0) is 15.7. The first-order chi connectivity index (χ1) is 11.1. The number of carbonyl (C=O) groups is 2. The molecule has 118 valence electrons. The van der Waals surface area contributed by atoms with Crippen molar-refractivity contribution in [3.05, 3.63) is 42.0 Å². The van der Waals surface area contributed by atoms with Gasteiger partial charge < -0.3 is 5.32 Å². The molecule has 2 amide bonds. The molecule has 1 N–H and O–H groups in total. The van der Waals surface area contributed by atoms with Crippen molar-refractivity contribution >= 4 is 17.5 Å². The molecule has 0 spiro atoms. The molecule has 6 atom stereocenters. The highest BCUT2D eigenvalue weighted by Crippen LogP contribution is 2.65. The van der Waals surface area contributed by atoms with E-state index in [9.17, 15) is 9.59 Å². The fraction of sp³-hybridized carbons (Fsp3) is 0.474. The quantitative estimate of drug-likeness (QED) is 0.689. The van der Waals surface area contributed by atoms with Crippen molar-refractivity contribution in [2.45, 2.75) is 13.3 Å². The molecule has 1 saturated heterocycles. The van der Waals surface area contributed by atoms with Gasteiger partial charge in [-0.2, -0.15) is 0 Å². The van der Waals surface area contributed by atoms with Gasteiger partial charge in [-0.25, -0.2) is 0 Å². The summed E-state index contributed by atoms with van der Waals surface area (Å²) in [7, 11) is 0. The van der Waals surface area contributed by atoms with E-state index in [2.05, 4.69) is 17.5 Å². The number of nitrogens with zero attached hydrogens (tertiary/aromatic N) is 1. The number of likely N-dealkylation sites (tertiary alicyclic amines) is 1. The maximum Gasteiger partial charge on any atom is 0.235 e. The molecule has 4 aliphatic carbocycles. The molecule has 4 heteroatoms. The van der Waals surface area contributed by atoms with Crippen LogP contribution >= 0.6 is 0 Å². The van der Waals surface area contributed by atoms with Crippen molar-refractivity contribution in [1.29, 1.82) is 0 Å². The van der Waals surface area contributed by atoms with E-state index in [1.165, 1.54) is 16.9 Å². The largest absolute Gasteiger partial charge is 0.367 e. The summed E-state index contributed by atoms with van der Waals surface area (Å²) in [6, 6.07) is 8.00. The lowest BCUT2D eigenvalue weighted by Crippen LogP contribution is -2.40. The van der Waals surface area contributed by atoms with Gasteiger partial charge >= 0.3 is 0 Å². The van der Waals surface area contributed by atoms with E-state index in [1.807, 2.05) is 31.2 Å². The van der Waals surface area contributed by atoms with Crippen LogP contribution in [-0.4, -0.2) is 23.4 Å². The van der Waals surface area contributed by atoms with E-state index in [1.54, 1.807) is 0 Å². The Morgan fingerprint density at radius 3 is 2.13 bits per heavy atom. The highest BCUT2D eigenvalue weighted by Gasteiger charge is 2.66. The first-order valence-corrected chi connectivity index (χ1v) is 8.49. The van der Waals surface area contributed by atoms with Gasteiger partial charge in [0.05, 0.1) is 18.5 Å². The summed E-state index contributed by atoms with van der Waals surface area (Å²) >= 11 is 0. The van der Waals surface area contributed by atoms with Crippen molar-refractivity contribution < 1.29 is 9.59 Å². The van der Waals surface area contributed by atoms with Crippen LogP contribution in [0.2, 0.25) is 0 Å². The van der Waals surface area contributed by atoms with E-state index in [0.29, 0.717) is 23.7 Å². The van der Waals surface area contributed by atoms with E-state index in [4.69, 9.17) is 0 Å². The molecule has 6 rings (SSSR count). The molecule has 0 aromatic heterocycles. The molecule has 3 fully saturated rings. The highest BCUT2D eigenvalue weighted by molar-refractivity contribution is 6.06. The number of imide groups is 1. The lowest BCUT2D eigenvalue weighted by atomic mass is 9.63. The summed E-state index contributed by atoms with van der Waals surface area (Å²) in [5.74, 6) is 1.79. The van der Waals surface area contributed by atoms with Crippen molar-refractivity contribution in [3.63, 3.8) is 0 Å². The van der Waals surface area contributed by atoms with Crippen molar-refractivity contribution in [2.24, 2.45) is 35.5 Å². The molecule has 4 nitrogen and oxygen atoms in total. The van der Waals surface area contributed by atoms with Gasteiger partial charge in [-0.1, -0.05) is 29.8 Å². The third kappa shape index (κ3) is 1.78. The van der Waals surface area contributed by atoms with Crippen LogP contribution in [0.15, 0.2) is 36.4 Å². The van der Waals surface area contributed by atoms with Crippen LogP contribution in [-0.2, 0) is 9.59 Å².